The molecule has 0 aliphatic carbocycles. The fraction of sp³-hybridized carbons (Fsp3) is 0.571. The van der Waals surface area contributed by atoms with Crippen LogP contribution in [0.3, 0.4) is 0 Å². The zero-order valence-corrected chi connectivity index (χ0v) is 11.9. The predicted octanol–water partition coefficient (Wildman–Crippen LogP) is 3.39. The maximum absolute atomic E-state index is 5.24. The molecule has 0 spiro atoms. The second kappa shape index (κ2) is 6.41. The van der Waals surface area contributed by atoms with Gasteiger partial charge < -0.3 is 10.1 Å². The lowest BCUT2D eigenvalue weighted by atomic mass is 9.91. The Morgan fingerprint density at radius 1 is 1.35 bits per heavy atom. The Bertz CT molecular complexity index is 361. The molecule has 0 amide bonds. The lowest BCUT2D eigenvalue weighted by molar-refractivity contribution is 0.354. The van der Waals surface area contributed by atoms with E-state index in [1.165, 1.54) is 44.3 Å². The van der Waals surface area contributed by atoms with Crippen LogP contribution in [0.5, 0.6) is 5.75 Å². The van der Waals surface area contributed by atoms with Crippen molar-refractivity contribution in [2.75, 3.05) is 20.2 Å². The van der Waals surface area contributed by atoms with Crippen molar-refractivity contribution in [3.63, 3.8) is 0 Å². The van der Waals surface area contributed by atoms with Crippen molar-refractivity contribution in [3.05, 3.63) is 28.2 Å². The summed E-state index contributed by atoms with van der Waals surface area (Å²) in [4.78, 5) is 0. The van der Waals surface area contributed by atoms with Gasteiger partial charge in [-0.1, -0.05) is 6.07 Å². The summed E-state index contributed by atoms with van der Waals surface area (Å²) >= 11 is 3.54. The zero-order chi connectivity index (χ0) is 12.1. The van der Waals surface area contributed by atoms with Gasteiger partial charge in [-0.05, 0) is 78.3 Å². The third-order valence-corrected chi connectivity index (χ3v) is 4.14. The second-order valence-corrected chi connectivity index (χ2v) is 5.56. The maximum Gasteiger partial charge on any atom is 0.133 e. The molecule has 1 N–H and O–H groups in total. The molecule has 0 bridgehead atoms. The summed E-state index contributed by atoms with van der Waals surface area (Å²) in [5.41, 5.74) is 1.40. The topological polar surface area (TPSA) is 21.3 Å². The summed E-state index contributed by atoms with van der Waals surface area (Å²) < 4.78 is 6.30. The quantitative estimate of drug-likeness (QED) is 0.920. The van der Waals surface area contributed by atoms with E-state index >= 15 is 0 Å². The third kappa shape index (κ3) is 3.71. The Hall–Kier alpha value is -0.540. The number of piperidine rings is 1. The lowest BCUT2D eigenvalue weighted by Crippen LogP contribution is -2.27. The molecule has 1 aliphatic rings. The SMILES string of the molecule is COc1ccc(CCC2CCNCC2)cc1Br. The summed E-state index contributed by atoms with van der Waals surface area (Å²) in [6.07, 6.45) is 5.14. The van der Waals surface area contributed by atoms with Gasteiger partial charge in [-0.25, -0.2) is 0 Å². The van der Waals surface area contributed by atoms with Crippen LogP contribution in [0.4, 0.5) is 0 Å². The molecule has 0 radical (unpaired) electrons. The Balaban J connectivity index is 1.87. The normalized spacial score (nSPS) is 17.1. The molecule has 1 aliphatic heterocycles. The van der Waals surface area contributed by atoms with Gasteiger partial charge in [0, 0.05) is 0 Å². The Morgan fingerprint density at radius 3 is 2.76 bits per heavy atom. The van der Waals surface area contributed by atoms with Crippen LogP contribution in [-0.2, 0) is 6.42 Å². The number of aryl methyl sites for hydroxylation is 1. The van der Waals surface area contributed by atoms with Crippen molar-refractivity contribution in [1.82, 2.24) is 5.32 Å². The molecule has 1 fully saturated rings. The van der Waals surface area contributed by atoms with Crippen LogP contribution in [0.1, 0.15) is 24.8 Å². The van der Waals surface area contributed by atoms with Crippen molar-refractivity contribution in [2.45, 2.75) is 25.7 Å². The van der Waals surface area contributed by atoms with Crippen LogP contribution in [-0.4, -0.2) is 20.2 Å². The molecular weight excluding hydrogens is 278 g/mol. The second-order valence-electron chi connectivity index (χ2n) is 4.70. The summed E-state index contributed by atoms with van der Waals surface area (Å²) in [7, 11) is 1.70. The van der Waals surface area contributed by atoms with E-state index in [-0.39, 0.29) is 0 Å². The van der Waals surface area contributed by atoms with Gasteiger partial charge in [0.05, 0.1) is 11.6 Å². The van der Waals surface area contributed by atoms with E-state index in [1.807, 2.05) is 6.07 Å². The minimum Gasteiger partial charge on any atom is -0.496 e. The first-order valence-corrected chi connectivity index (χ1v) is 7.12. The molecule has 3 heteroatoms. The summed E-state index contributed by atoms with van der Waals surface area (Å²) in [6, 6.07) is 6.40. The van der Waals surface area contributed by atoms with E-state index in [9.17, 15) is 0 Å². The minimum absolute atomic E-state index is 0.900. The number of hydrogen-bond donors (Lipinski definition) is 1. The van der Waals surface area contributed by atoms with Crippen molar-refractivity contribution in [1.29, 1.82) is 0 Å². The van der Waals surface area contributed by atoms with E-state index in [2.05, 4.69) is 33.4 Å². The number of nitrogens with one attached hydrogen (secondary N) is 1. The van der Waals surface area contributed by atoms with Crippen LogP contribution in [0.15, 0.2) is 22.7 Å². The largest absolute Gasteiger partial charge is 0.496 e. The first kappa shape index (κ1) is 12.9. The summed E-state index contributed by atoms with van der Waals surface area (Å²) in [6.45, 7) is 2.38. The first-order valence-electron chi connectivity index (χ1n) is 6.32. The monoisotopic (exact) mass is 297 g/mol. The van der Waals surface area contributed by atoms with Crippen molar-refractivity contribution in [3.8, 4) is 5.75 Å². The highest BCUT2D eigenvalue weighted by Crippen LogP contribution is 2.27. The van der Waals surface area contributed by atoms with E-state index in [4.69, 9.17) is 4.74 Å². The molecule has 2 nitrogen and oxygen atoms in total. The Morgan fingerprint density at radius 2 is 2.12 bits per heavy atom. The smallest absolute Gasteiger partial charge is 0.133 e. The molecule has 0 unspecified atom stereocenters. The molecule has 0 atom stereocenters. The number of benzene rings is 1. The highest BCUT2D eigenvalue weighted by Gasteiger charge is 2.12. The van der Waals surface area contributed by atoms with E-state index in [0.717, 1.165) is 16.1 Å². The molecule has 1 saturated heterocycles. The Labute approximate surface area is 112 Å². The van der Waals surface area contributed by atoms with Crippen molar-refractivity contribution >= 4 is 15.9 Å². The maximum atomic E-state index is 5.24. The zero-order valence-electron chi connectivity index (χ0n) is 10.3. The van der Waals surface area contributed by atoms with Gasteiger partial charge in [0.2, 0.25) is 0 Å². The van der Waals surface area contributed by atoms with Crippen LogP contribution in [0, 0.1) is 5.92 Å². The number of hydrogen-bond acceptors (Lipinski definition) is 2. The number of halogens is 1. The van der Waals surface area contributed by atoms with Gasteiger partial charge in [0.1, 0.15) is 5.75 Å². The molecule has 0 saturated carbocycles. The van der Waals surface area contributed by atoms with Gasteiger partial charge in [0.25, 0.3) is 0 Å². The third-order valence-electron chi connectivity index (χ3n) is 3.52. The van der Waals surface area contributed by atoms with E-state index in [1.54, 1.807) is 7.11 Å². The van der Waals surface area contributed by atoms with Crippen molar-refractivity contribution in [2.24, 2.45) is 5.92 Å². The molecule has 94 valence electrons. The predicted molar refractivity (Wildman–Crippen MR) is 74.6 cm³/mol. The molecular formula is C14H20BrNO. The fourth-order valence-electron chi connectivity index (χ4n) is 2.41. The van der Waals surface area contributed by atoms with Crippen LogP contribution >= 0.6 is 15.9 Å². The number of methoxy groups -OCH3 is 1. The van der Waals surface area contributed by atoms with Gasteiger partial charge in [0.15, 0.2) is 0 Å². The Kier molecular flexibility index (Phi) is 4.86. The van der Waals surface area contributed by atoms with E-state index in [0.29, 0.717) is 0 Å². The molecule has 17 heavy (non-hydrogen) atoms. The van der Waals surface area contributed by atoms with E-state index < -0.39 is 0 Å². The number of ether oxygens (including phenoxy) is 1. The standard InChI is InChI=1S/C14H20BrNO/c1-17-14-5-4-12(10-13(14)15)3-2-11-6-8-16-9-7-11/h4-5,10-11,16H,2-3,6-9H2,1H3. The minimum atomic E-state index is 0.900. The van der Waals surface area contributed by atoms with Gasteiger partial charge in [-0.2, -0.15) is 0 Å². The highest BCUT2D eigenvalue weighted by molar-refractivity contribution is 9.10. The molecule has 1 aromatic rings. The molecule has 0 aromatic heterocycles. The van der Waals surface area contributed by atoms with Crippen molar-refractivity contribution < 1.29 is 4.74 Å². The van der Waals surface area contributed by atoms with Gasteiger partial charge >= 0.3 is 0 Å². The fourth-order valence-corrected chi connectivity index (χ4v) is 2.99. The summed E-state index contributed by atoms with van der Waals surface area (Å²) in [5, 5.41) is 3.41. The lowest BCUT2D eigenvalue weighted by Gasteiger charge is -2.22. The van der Waals surface area contributed by atoms with Gasteiger partial charge in [-0.3, -0.25) is 0 Å². The first-order chi connectivity index (χ1) is 8.29. The highest BCUT2D eigenvalue weighted by atomic mass is 79.9. The average molecular weight is 298 g/mol. The molecule has 2 rings (SSSR count). The summed E-state index contributed by atoms with van der Waals surface area (Å²) in [5.74, 6) is 1.81. The molecule has 1 heterocycles. The van der Waals surface area contributed by atoms with Crippen LogP contribution in [0.2, 0.25) is 0 Å². The van der Waals surface area contributed by atoms with Crippen LogP contribution < -0.4 is 10.1 Å². The average Bonchev–Trinajstić information content (AvgIpc) is 2.38. The van der Waals surface area contributed by atoms with Gasteiger partial charge in [-0.15, -0.1) is 0 Å². The van der Waals surface area contributed by atoms with Crippen LogP contribution in [0.25, 0.3) is 0 Å². The molecule has 1 aromatic carbocycles. The number of rotatable bonds is 4.